The molecular formula is C20H25F3S. The molecule has 24 heavy (non-hydrogen) atoms. The number of alkyl halides is 3. The maximum absolute atomic E-state index is 12.8. The van der Waals surface area contributed by atoms with E-state index in [4.69, 9.17) is 0 Å². The van der Waals surface area contributed by atoms with Crippen molar-refractivity contribution in [2.45, 2.75) is 64.0 Å². The van der Waals surface area contributed by atoms with Crippen LogP contribution in [0.3, 0.4) is 0 Å². The third kappa shape index (κ3) is 3.58. The maximum atomic E-state index is 12.8. The molecular weight excluding hydrogens is 329 g/mol. The molecule has 0 saturated heterocycles. The van der Waals surface area contributed by atoms with Crippen molar-refractivity contribution in [3.8, 4) is 0 Å². The first-order valence-corrected chi connectivity index (χ1v) is 10.2. The van der Waals surface area contributed by atoms with Crippen molar-refractivity contribution in [2.75, 3.05) is 0 Å². The minimum Gasteiger partial charge on any atom is -0.165 e. The lowest BCUT2D eigenvalue weighted by Gasteiger charge is -2.35. The Labute approximate surface area is 146 Å². The first-order valence-electron chi connectivity index (χ1n) is 9.37. The van der Waals surface area contributed by atoms with Gasteiger partial charge in [-0.3, -0.25) is 0 Å². The molecule has 0 bridgehead atoms. The Kier molecular flexibility index (Phi) is 4.53. The Morgan fingerprint density at radius 1 is 0.792 bits per heavy atom. The normalized spacial score (nSPS) is 31.8. The minimum absolute atomic E-state index is 0.473. The number of allylic oxidation sites excluding steroid dienone is 2. The van der Waals surface area contributed by atoms with E-state index in [1.165, 1.54) is 44.6 Å². The highest BCUT2D eigenvalue weighted by atomic mass is 32.1. The first-order chi connectivity index (χ1) is 11.5. The molecule has 1 aromatic heterocycles. The summed E-state index contributed by atoms with van der Waals surface area (Å²) in [5, 5.41) is 0. The van der Waals surface area contributed by atoms with Gasteiger partial charge >= 0.3 is 6.18 Å². The molecule has 0 nitrogen and oxygen atoms in total. The number of rotatable bonds is 3. The van der Waals surface area contributed by atoms with E-state index in [0.29, 0.717) is 0 Å². The summed E-state index contributed by atoms with van der Waals surface area (Å²) < 4.78 is 38.3. The Balaban J connectivity index is 1.34. The van der Waals surface area contributed by atoms with Gasteiger partial charge in [-0.2, -0.15) is 13.2 Å². The van der Waals surface area contributed by atoms with Crippen molar-refractivity contribution in [1.82, 2.24) is 0 Å². The minimum atomic E-state index is -4.21. The molecule has 2 fully saturated rings. The second kappa shape index (κ2) is 6.51. The molecule has 0 spiro atoms. The van der Waals surface area contributed by atoms with Crippen LogP contribution in [0.2, 0.25) is 0 Å². The van der Waals surface area contributed by atoms with E-state index in [-0.39, 0.29) is 0 Å². The molecule has 0 N–H and O–H groups in total. The van der Waals surface area contributed by atoms with Crippen molar-refractivity contribution in [2.24, 2.45) is 23.7 Å². The van der Waals surface area contributed by atoms with Crippen LogP contribution < -0.4 is 0 Å². The molecule has 3 aliphatic rings. The molecule has 3 aliphatic carbocycles. The van der Waals surface area contributed by atoms with Crippen molar-refractivity contribution in [3.05, 3.63) is 28.0 Å². The highest BCUT2D eigenvalue weighted by Crippen LogP contribution is 2.48. The molecule has 132 valence electrons. The second-order valence-electron chi connectivity index (χ2n) is 7.94. The molecule has 4 rings (SSSR count). The van der Waals surface area contributed by atoms with E-state index in [9.17, 15) is 13.2 Å². The van der Waals surface area contributed by atoms with Crippen LogP contribution in [-0.4, -0.2) is 0 Å². The number of thiophene rings is 1. The van der Waals surface area contributed by atoms with Crippen LogP contribution in [0.4, 0.5) is 13.2 Å². The molecule has 1 atom stereocenters. The van der Waals surface area contributed by atoms with Gasteiger partial charge in [-0.25, -0.2) is 0 Å². The van der Waals surface area contributed by atoms with Crippen molar-refractivity contribution < 1.29 is 13.2 Å². The van der Waals surface area contributed by atoms with Crippen LogP contribution in [0, 0.1) is 23.7 Å². The molecule has 1 aromatic rings. The van der Waals surface area contributed by atoms with Crippen LogP contribution >= 0.6 is 11.3 Å². The Morgan fingerprint density at radius 3 is 1.83 bits per heavy atom. The van der Waals surface area contributed by atoms with E-state index in [2.05, 4.69) is 6.08 Å². The van der Waals surface area contributed by atoms with E-state index in [1.807, 2.05) is 0 Å². The van der Waals surface area contributed by atoms with E-state index in [0.717, 1.165) is 64.7 Å². The Morgan fingerprint density at radius 2 is 1.38 bits per heavy atom. The lowest BCUT2D eigenvalue weighted by atomic mass is 9.70. The Hall–Kier alpha value is -0.770. The molecule has 1 heterocycles. The average Bonchev–Trinajstić information content (AvgIpc) is 3.30. The second-order valence-corrected chi connectivity index (χ2v) is 9.02. The largest absolute Gasteiger partial charge is 0.425 e. The summed E-state index contributed by atoms with van der Waals surface area (Å²) in [5.74, 6) is 3.66. The summed E-state index contributed by atoms with van der Waals surface area (Å²) in [6, 6.07) is 2.88. The summed E-state index contributed by atoms with van der Waals surface area (Å²) in [6.45, 7) is 0. The van der Waals surface area contributed by atoms with Gasteiger partial charge in [-0.15, -0.1) is 11.3 Å². The average molecular weight is 354 g/mol. The standard InChI is InChI=1S/C20H25F3S/c21-20(22,23)19-12-11-18(24-19)17-9-7-16(8-10-17)15-5-3-14(4-6-15)13-1-2-13/h9,11-16H,1-8,10H2. The van der Waals surface area contributed by atoms with Gasteiger partial charge in [0.1, 0.15) is 4.88 Å². The number of halogens is 3. The Bertz CT molecular complexity index is 601. The van der Waals surface area contributed by atoms with Gasteiger partial charge in [-0.1, -0.05) is 6.08 Å². The lowest BCUT2D eigenvalue weighted by Crippen LogP contribution is -2.23. The zero-order chi connectivity index (χ0) is 16.7. The third-order valence-corrected chi connectivity index (χ3v) is 7.63. The van der Waals surface area contributed by atoms with Gasteiger partial charge in [0.25, 0.3) is 0 Å². The molecule has 0 aliphatic heterocycles. The van der Waals surface area contributed by atoms with Gasteiger partial charge in [0.05, 0.1) is 0 Å². The fraction of sp³-hybridized carbons (Fsp3) is 0.700. The van der Waals surface area contributed by atoms with Gasteiger partial charge in [-0.05, 0) is 99.2 Å². The van der Waals surface area contributed by atoms with Crippen molar-refractivity contribution in [3.63, 3.8) is 0 Å². The first kappa shape index (κ1) is 16.7. The van der Waals surface area contributed by atoms with Gasteiger partial charge in [0.15, 0.2) is 0 Å². The molecule has 0 amide bonds. The molecule has 0 aromatic carbocycles. The van der Waals surface area contributed by atoms with E-state index >= 15 is 0 Å². The summed E-state index contributed by atoms with van der Waals surface area (Å²) in [5.41, 5.74) is 1.14. The predicted molar refractivity (Wildman–Crippen MR) is 92.8 cm³/mol. The highest BCUT2D eigenvalue weighted by molar-refractivity contribution is 7.13. The van der Waals surface area contributed by atoms with E-state index in [1.54, 1.807) is 6.07 Å². The smallest absolute Gasteiger partial charge is 0.165 e. The summed E-state index contributed by atoms with van der Waals surface area (Å²) in [7, 11) is 0. The topological polar surface area (TPSA) is 0 Å². The summed E-state index contributed by atoms with van der Waals surface area (Å²) in [4.78, 5) is 0.345. The monoisotopic (exact) mass is 354 g/mol. The van der Waals surface area contributed by atoms with Gasteiger partial charge < -0.3 is 0 Å². The zero-order valence-electron chi connectivity index (χ0n) is 13.9. The van der Waals surface area contributed by atoms with Crippen LogP contribution in [0.1, 0.15) is 67.5 Å². The van der Waals surface area contributed by atoms with E-state index < -0.39 is 11.1 Å². The highest BCUT2D eigenvalue weighted by Gasteiger charge is 2.36. The maximum Gasteiger partial charge on any atom is 0.425 e. The number of hydrogen-bond acceptors (Lipinski definition) is 1. The fourth-order valence-corrected chi connectivity index (χ4v) is 5.77. The summed E-state index contributed by atoms with van der Waals surface area (Å²) in [6.07, 6.45) is 9.72. The van der Waals surface area contributed by atoms with Crippen molar-refractivity contribution in [1.29, 1.82) is 0 Å². The van der Waals surface area contributed by atoms with Crippen LogP contribution in [-0.2, 0) is 6.18 Å². The van der Waals surface area contributed by atoms with Crippen LogP contribution in [0.25, 0.3) is 5.57 Å². The SMILES string of the molecule is FC(F)(F)c1ccc(C2=CCC(C3CCC(C4CC4)CC3)CC2)s1. The van der Waals surface area contributed by atoms with Crippen LogP contribution in [0.5, 0.6) is 0 Å². The van der Waals surface area contributed by atoms with Crippen molar-refractivity contribution >= 4 is 16.9 Å². The predicted octanol–water partition coefficient (Wildman–Crippen LogP) is 7.17. The lowest BCUT2D eigenvalue weighted by molar-refractivity contribution is -0.134. The molecule has 0 radical (unpaired) electrons. The fourth-order valence-electron chi connectivity index (χ4n) is 4.82. The number of hydrogen-bond donors (Lipinski definition) is 0. The molecule has 2 saturated carbocycles. The molecule has 1 unspecified atom stereocenters. The third-order valence-electron chi connectivity index (χ3n) is 6.43. The van der Waals surface area contributed by atoms with Gasteiger partial charge in [0, 0.05) is 4.88 Å². The van der Waals surface area contributed by atoms with Gasteiger partial charge in [0.2, 0.25) is 0 Å². The quantitative estimate of drug-likeness (QED) is 0.540. The summed E-state index contributed by atoms with van der Waals surface area (Å²) >= 11 is 0.900. The molecule has 4 heteroatoms. The zero-order valence-corrected chi connectivity index (χ0v) is 14.8. The van der Waals surface area contributed by atoms with Crippen LogP contribution in [0.15, 0.2) is 18.2 Å².